The number of hydrogen-bond donors (Lipinski definition) is 3. The minimum absolute atomic E-state index is 0.132. The van der Waals surface area contributed by atoms with Gasteiger partial charge in [-0.1, -0.05) is 0 Å². The van der Waals surface area contributed by atoms with Gasteiger partial charge in [-0.25, -0.2) is 4.79 Å². The third kappa shape index (κ3) is 2.17. The number of nitrogens with two attached hydrogens (primary N) is 1. The van der Waals surface area contributed by atoms with Crippen LogP contribution in [0.1, 0.15) is 13.2 Å². The average Bonchev–Trinajstić information content (AvgIpc) is 2.51. The summed E-state index contributed by atoms with van der Waals surface area (Å²) < 4.78 is 7.04. The number of aliphatic hydroxyl groups is 2. The van der Waals surface area contributed by atoms with Crippen molar-refractivity contribution in [2.24, 2.45) is 0 Å². The molecule has 2 rings (SSSR count). The zero-order valence-electron chi connectivity index (χ0n) is 8.95. The van der Waals surface area contributed by atoms with Gasteiger partial charge >= 0.3 is 5.69 Å². The van der Waals surface area contributed by atoms with Crippen LogP contribution in [0.2, 0.25) is 0 Å². The minimum atomic E-state index is -1.16. The smallest absolute Gasteiger partial charge is 0.351 e. The van der Waals surface area contributed by atoms with Gasteiger partial charge < -0.3 is 20.7 Å². The molecule has 17 heavy (non-hydrogen) atoms. The Labute approximate surface area is 110 Å². The summed E-state index contributed by atoms with van der Waals surface area (Å²) in [6.45, 7) is 1.62. The van der Waals surface area contributed by atoms with Crippen molar-refractivity contribution in [2.45, 2.75) is 31.5 Å². The molecule has 1 aromatic rings. The van der Waals surface area contributed by atoms with E-state index in [9.17, 15) is 15.0 Å². The van der Waals surface area contributed by atoms with E-state index in [1.165, 1.54) is 6.20 Å². The molecular formula is C9H12IN3O4. The zero-order chi connectivity index (χ0) is 12.7. The Hall–Kier alpha value is -0.710. The number of aliphatic hydroxyl groups excluding tert-OH is 2. The van der Waals surface area contributed by atoms with Crippen LogP contribution in [0.25, 0.3) is 0 Å². The second-order valence-electron chi connectivity index (χ2n) is 3.88. The molecule has 1 fully saturated rings. The maximum atomic E-state index is 11.6. The fraction of sp³-hybridized carbons (Fsp3) is 0.556. The first kappa shape index (κ1) is 12.7. The largest absolute Gasteiger partial charge is 0.388 e. The zero-order valence-corrected chi connectivity index (χ0v) is 11.1. The highest BCUT2D eigenvalue weighted by Gasteiger charge is 2.41. The first-order valence-electron chi connectivity index (χ1n) is 4.97. The van der Waals surface area contributed by atoms with Crippen molar-refractivity contribution in [1.29, 1.82) is 0 Å². The van der Waals surface area contributed by atoms with Crippen molar-refractivity contribution in [1.82, 2.24) is 9.55 Å². The summed E-state index contributed by atoms with van der Waals surface area (Å²) in [5.74, 6) is 0.132. The van der Waals surface area contributed by atoms with E-state index < -0.39 is 30.2 Å². The summed E-state index contributed by atoms with van der Waals surface area (Å²) in [4.78, 5) is 15.2. The van der Waals surface area contributed by atoms with Crippen LogP contribution in [0, 0.1) is 3.57 Å². The van der Waals surface area contributed by atoms with Crippen LogP contribution in [-0.2, 0) is 4.74 Å². The van der Waals surface area contributed by atoms with Gasteiger partial charge in [-0.15, -0.1) is 0 Å². The Balaban J connectivity index is 2.42. The fourth-order valence-electron chi connectivity index (χ4n) is 1.70. The lowest BCUT2D eigenvalue weighted by atomic mass is 10.1. The van der Waals surface area contributed by atoms with Crippen LogP contribution in [-0.4, -0.2) is 38.1 Å². The second-order valence-corrected chi connectivity index (χ2v) is 5.04. The van der Waals surface area contributed by atoms with E-state index in [2.05, 4.69) is 4.98 Å². The summed E-state index contributed by atoms with van der Waals surface area (Å²) >= 11 is 1.92. The van der Waals surface area contributed by atoms with E-state index in [4.69, 9.17) is 10.5 Å². The number of anilines is 1. The van der Waals surface area contributed by atoms with Crippen molar-refractivity contribution >= 4 is 28.4 Å². The van der Waals surface area contributed by atoms with Gasteiger partial charge in [0.2, 0.25) is 0 Å². The summed E-state index contributed by atoms with van der Waals surface area (Å²) in [5, 5.41) is 19.3. The molecular weight excluding hydrogens is 341 g/mol. The average molecular weight is 353 g/mol. The van der Waals surface area contributed by atoms with Gasteiger partial charge in [0.15, 0.2) is 6.23 Å². The molecule has 0 bridgehead atoms. The Morgan fingerprint density at radius 1 is 1.53 bits per heavy atom. The molecule has 1 saturated heterocycles. The molecule has 4 N–H and O–H groups in total. The van der Waals surface area contributed by atoms with Crippen LogP contribution >= 0.6 is 22.6 Å². The topological polar surface area (TPSA) is 111 Å². The number of ether oxygens (including phenoxy) is 1. The third-order valence-electron chi connectivity index (χ3n) is 2.69. The van der Waals surface area contributed by atoms with Crippen LogP contribution in [0.4, 0.5) is 5.82 Å². The quantitative estimate of drug-likeness (QED) is 0.563. The van der Waals surface area contributed by atoms with E-state index in [1.54, 1.807) is 6.92 Å². The van der Waals surface area contributed by atoms with Gasteiger partial charge in [0, 0.05) is 6.20 Å². The highest BCUT2D eigenvalue weighted by atomic mass is 127. The molecule has 1 aliphatic rings. The Bertz CT molecular complexity index is 492. The predicted octanol–water partition coefficient (Wildman–Crippen LogP) is -0.931. The molecule has 4 atom stereocenters. The van der Waals surface area contributed by atoms with Gasteiger partial charge in [-0.3, -0.25) is 4.57 Å². The van der Waals surface area contributed by atoms with Crippen molar-refractivity contribution in [3.63, 3.8) is 0 Å². The number of halogens is 1. The molecule has 0 aliphatic carbocycles. The van der Waals surface area contributed by atoms with Gasteiger partial charge in [0.05, 0.1) is 9.67 Å². The fourth-order valence-corrected chi connectivity index (χ4v) is 2.12. The number of nitrogen functional groups attached to an aromatic ring is 1. The number of hydrogen-bond acceptors (Lipinski definition) is 6. The highest BCUT2D eigenvalue weighted by Crippen LogP contribution is 2.28. The number of rotatable bonds is 1. The first-order chi connectivity index (χ1) is 7.91. The lowest BCUT2D eigenvalue weighted by Crippen LogP contribution is -2.35. The molecule has 0 amide bonds. The van der Waals surface area contributed by atoms with Gasteiger partial charge in [-0.05, 0) is 29.5 Å². The van der Waals surface area contributed by atoms with Crippen LogP contribution in [0.15, 0.2) is 11.0 Å². The lowest BCUT2D eigenvalue weighted by Gasteiger charge is -2.17. The van der Waals surface area contributed by atoms with E-state index in [-0.39, 0.29) is 5.82 Å². The van der Waals surface area contributed by atoms with E-state index in [0.717, 1.165) is 4.57 Å². The van der Waals surface area contributed by atoms with E-state index >= 15 is 0 Å². The molecule has 2 unspecified atom stereocenters. The molecule has 1 aliphatic heterocycles. The summed E-state index contributed by atoms with van der Waals surface area (Å²) in [6.07, 6.45) is -2.22. The number of nitrogens with zero attached hydrogens (tertiary/aromatic N) is 2. The molecule has 2 heterocycles. The minimum Gasteiger partial charge on any atom is -0.388 e. The van der Waals surface area contributed by atoms with Crippen molar-refractivity contribution in [3.05, 3.63) is 20.3 Å². The molecule has 7 nitrogen and oxygen atoms in total. The summed E-state index contributed by atoms with van der Waals surface area (Å²) in [5.41, 5.74) is 4.88. The highest BCUT2D eigenvalue weighted by molar-refractivity contribution is 14.1. The Morgan fingerprint density at radius 3 is 2.71 bits per heavy atom. The molecule has 0 radical (unpaired) electrons. The Kier molecular flexibility index (Phi) is 3.39. The maximum Gasteiger partial charge on any atom is 0.351 e. The molecule has 94 valence electrons. The van der Waals surface area contributed by atoms with Gasteiger partial charge in [0.25, 0.3) is 0 Å². The standard InChI is InChI=1S/C9H12IN3O4/c1-3-5(14)6(15)8(17-3)13-2-4(10)7(11)12-9(13)16/h2-3,5-6,8,14-15H,1H3,(H2,11,12,16)/t3-,5?,6?,8-/m1/s1. The first-order valence-corrected chi connectivity index (χ1v) is 6.05. The summed E-state index contributed by atoms with van der Waals surface area (Å²) in [6, 6.07) is 0. The van der Waals surface area contributed by atoms with Crippen molar-refractivity contribution in [2.75, 3.05) is 5.73 Å². The van der Waals surface area contributed by atoms with Gasteiger partial charge in [0.1, 0.15) is 18.0 Å². The molecule has 0 aromatic carbocycles. The molecule has 1 aromatic heterocycles. The molecule has 0 spiro atoms. The molecule has 8 heteroatoms. The SMILES string of the molecule is C[C@H]1O[C@@H](n2cc(I)c(N)nc2=O)C(O)C1O. The van der Waals surface area contributed by atoms with E-state index in [1.807, 2.05) is 22.6 Å². The van der Waals surface area contributed by atoms with Crippen molar-refractivity contribution in [3.8, 4) is 0 Å². The predicted molar refractivity (Wildman–Crippen MR) is 67.2 cm³/mol. The summed E-state index contributed by atoms with van der Waals surface area (Å²) in [7, 11) is 0. The van der Waals surface area contributed by atoms with E-state index in [0.29, 0.717) is 3.57 Å². The lowest BCUT2D eigenvalue weighted by molar-refractivity contribution is -0.0351. The number of aromatic nitrogens is 2. The monoisotopic (exact) mass is 353 g/mol. The van der Waals surface area contributed by atoms with Crippen LogP contribution in [0.5, 0.6) is 0 Å². The maximum absolute atomic E-state index is 11.6. The van der Waals surface area contributed by atoms with Crippen LogP contribution < -0.4 is 11.4 Å². The Morgan fingerprint density at radius 2 is 2.18 bits per heavy atom. The van der Waals surface area contributed by atoms with Crippen LogP contribution in [0.3, 0.4) is 0 Å². The molecule has 0 saturated carbocycles. The second kappa shape index (κ2) is 4.52. The third-order valence-corrected chi connectivity index (χ3v) is 3.52. The van der Waals surface area contributed by atoms with Crippen molar-refractivity contribution < 1.29 is 14.9 Å². The van der Waals surface area contributed by atoms with Gasteiger partial charge in [-0.2, -0.15) is 4.98 Å². The normalized spacial score (nSPS) is 32.9.